The van der Waals surface area contributed by atoms with Gasteiger partial charge in [-0.2, -0.15) is 0 Å². The number of hydrogen-bond acceptors (Lipinski definition) is 8. The van der Waals surface area contributed by atoms with Gasteiger partial charge in [-0.05, 0) is 24.3 Å². The zero-order valence-electron chi connectivity index (χ0n) is 15.5. The number of carbonyl (C=O) groups excluding carboxylic acids is 1. The number of hydrogen-bond donors (Lipinski definition) is 1. The first-order chi connectivity index (χ1) is 13.6. The van der Waals surface area contributed by atoms with Crippen LogP contribution >= 0.6 is 11.3 Å². The van der Waals surface area contributed by atoms with Crippen molar-refractivity contribution in [2.75, 3.05) is 26.6 Å². The Labute approximate surface area is 165 Å². The van der Waals surface area contributed by atoms with Gasteiger partial charge < -0.3 is 24.3 Å². The van der Waals surface area contributed by atoms with Crippen molar-refractivity contribution in [2.24, 2.45) is 0 Å². The molecule has 0 amide bonds. The van der Waals surface area contributed by atoms with Crippen molar-refractivity contribution in [2.45, 2.75) is 6.23 Å². The number of nitrogens with one attached hydrogen (secondary N) is 1. The summed E-state index contributed by atoms with van der Waals surface area (Å²) in [6.45, 7) is 0. The molecular formula is C20H18N2O5S. The number of methoxy groups -OCH3 is 3. The van der Waals surface area contributed by atoms with Crippen molar-refractivity contribution in [1.82, 2.24) is 4.98 Å². The second-order valence-electron chi connectivity index (χ2n) is 5.96. The van der Waals surface area contributed by atoms with Crippen LogP contribution in [0.5, 0.6) is 17.2 Å². The molecule has 0 saturated carbocycles. The Kier molecular flexibility index (Phi) is 4.79. The smallest absolute Gasteiger partial charge is 0.344 e. The van der Waals surface area contributed by atoms with Crippen LogP contribution in [0.3, 0.4) is 0 Å². The molecule has 0 radical (unpaired) electrons. The zero-order chi connectivity index (χ0) is 19.7. The Morgan fingerprint density at radius 2 is 1.96 bits per heavy atom. The van der Waals surface area contributed by atoms with Gasteiger partial charge in [0, 0.05) is 16.5 Å². The van der Waals surface area contributed by atoms with Crippen LogP contribution in [-0.4, -0.2) is 32.3 Å². The molecule has 0 spiro atoms. The van der Waals surface area contributed by atoms with Crippen LogP contribution in [0.1, 0.15) is 22.1 Å². The van der Waals surface area contributed by atoms with Crippen LogP contribution in [-0.2, 0) is 4.74 Å². The maximum absolute atomic E-state index is 12.4. The summed E-state index contributed by atoms with van der Waals surface area (Å²) >= 11 is 1.43. The Morgan fingerprint density at radius 1 is 1.11 bits per heavy atom. The summed E-state index contributed by atoms with van der Waals surface area (Å²) in [5.41, 5.74) is 2.80. The highest BCUT2D eigenvalue weighted by atomic mass is 32.1. The lowest BCUT2D eigenvalue weighted by molar-refractivity contribution is 0.0435. The van der Waals surface area contributed by atoms with Gasteiger partial charge in [0.25, 0.3) is 0 Å². The van der Waals surface area contributed by atoms with E-state index in [2.05, 4.69) is 10.3 Å². The van der Waals surface area contributed by atoms with Crippen molar-refractivity contribution in [3.63, 3.8) is 0 Å². The fourth-order valence-electron chi connectivity index (χ4n) is 3.08. The average Bonchev–Trinajstić information content (AvgIpc) is 3.32. The lowest BCUT2D eigenvalue weighted by atomic mass is 10.1. The van der Waals surface area contributed by atoms with Gasteiger partial charge in [0.1, 0.15) is 11.3 Å². The second-order valence-corrected chi connectivity index (χ2v) is 6.82. The Morgan fingerprint density at radius 3 is 2.71 bits per heavy atom. The molecule has 0 saturated heterocycles. The quantitative estimate of drug-likeness (QED) is 0.626. The molecule has 1 aliphatic rings. The summed E-state index contributed by atoms with van der Waals surface area (Å²) in [5.74, 6) is 1.14. The van der Waals surface area contributed by atoms with Crippen molar-refractivity contribution < 1.29 is 23.7 Å². The van der Waals surface area contributed by atoms with E-state index >= 15 is 0 Å². The van der Waals surface area contributed by atoms with E-state index in [4.69, 9.17) is 18.9 Å². The molecule has 1 atom stereocenters. The number of aromatic nitrogens is 1. The molecule has 2 heterocycles. The normalized spacial score (nSPS) is 15.0. The number of thiazole rings is 1. The summed E-state index contributed by atoms with van der Waals surface area (Å²) in [5, 5.41) is 5.74. The highest BCUT2D eigenvalue weighted by Gasteiger charge is 2.36. The maximum Gasteiger partial charge on any atom is 0.344 e. The molecule has 0 fully saturated rings. The van der Waals surface area contributed by atoms with E-state index in [0.717, 1.165) is 17.0 Å². The number of esters is 1. The Hall–Kier alpha value is -3.26. The highest BCUT2D eigenvalue weighted by Crippen LogP contribution is 2.42. The van der Waals surface area contributed by atoms with E-state index in [1.807, 2.05) is 29.6 Å². The fourth-order valence-corrected chi connectivity index (χ4v) is 3.81. The van der Waals surface area contributed by atoms with Gasteiger partial charge in [-0.1, -0.05) is 12.1 Å². The van der Waals surface area contributed by atoms with Crippen molar-refractivity contribution in [3.05, 3.63) is 52.9 Å². The topological polar surface area (TPSA) is 78.9 Å². The highest BCUT2D eigenvalue weighted by molar-refractivity contribution is 7.14. The van der Waals surface area contributed by atoms with Gasteiger partial charge in [-0.15, -0.1) is 11.3 Å². The van der Waals surface area contributed by atoms with E-state index in [1.165, 1.54) is 25.6 Å². The Bertz CT molecular complexity index is 1030. The summed E-state index contributed by atoms with van der Waals surface area (Å²) in [4.78, 5) is 17.0. The van der Waals surface area contributed by atoms with E-state index in [-0.39, 0.29) is 0 Å². The number of carbonyl (C=O) groups is 1. The monoisotopic (exact) mass is 398 g/mol. The molecular weight excluding hydrogens is 380 g/mol. The van der Waals surface area contributed by atoms with Gasteiger partial charge >= 0.3 is 5.97 Å². The number of rotatable bonds is 6. The molecule has 3 aromatic rings. The third kappa shape index (κ3) is 3.11. The summed E-state index contributed by atoms with van der Waals surface area (Å²) < 4.78 is 21.4. The van der Waals surface area contributed by atoms with Gasteiger partial charge in [0.2, 0.25) is 6.23 Å². The lowest BCUT2D eigenvalue weighted by Crippen LogP contribution is -2.10. The number of ether oxygens (including phenoxy) is 4. The number of cyclic esters (lactones) is 1. The largest absolute Gasteiger partial charge is 0.497 e. The van der Waals surface area contributed by atoms with Crippen molar-refractivity contribution in [1.29, 1.82) is 0 Å². The van der Waals surface area contributed by atoms with E-state index in [1.54, 1.807) is 19.2 Å². The molecule has 0 unspecified atom stereocenters. The molecule has 7 nitrogen and oxygen atoms in total. The predicted molar refractivity (Wildman–Crippen MR) is 105 cm³/mol. The minimum absolute atomic E-state index is 0.365. The first kappa shape index (κ1) is 18.1. The van der Waals surface area contributed by atoms with Crippen LogP contribution < -0.4 is 19.5 Å². The first-order valence-corrected chi connectivity index (χ1v) is 9.35. The number of anilines is 1. The molecule has 8 heteroatoms. The van der Waals surface area contributed by atoms with Gasteiger partial charge in [0.05, 0.1) is 27.0 Å². The summed E-state index contributed by atoms with van der Waals surface area (Å²) in [6, 6.07) is 11.2. The molecule has 2 aromatic carbocycles. The van der Waals surface area contributed by atoms with Gasteiger partial charge in [-0.25, -0.2) is 9.78 Å². The first-order valence-electron chi connectivity index (χ1n) is 8.47. The van der Waals surface area contributed by atoms with Crippen LogP contribution in [0.4, 0.5) is 5.13 Å². The standard InChI is InChI=1S/C20H18N2O5S/c1-24-12-6-4-5-11(9-12)14-10-28-20(21-14)22-18-13-7-8-15(25-2)17(26-3)16(13)19(23)27-18/h4-10,18H,1-3H3,(H,21,22)/t18-/m0/s1. The number of nitrogens with zero attached hydrogens (tertiary/aromatic N) is 1. The SMILES string of the molecule is COc1cccc(-c2csc(N[C@H]3OC(=O)c4c3ccc(OC)c4OC)n2)c1. The second kappa shape index (κ2) is 7.40. The van der Waals surface area contributed by atoms with Crippen molar-refractivity contribution in [3.8, 4) is 28.5 Å². The third-order valence-corrected chi connectivity index (χ3v) is 5.19. The molecule has 144 valence electrons. The fraction of sp³-hybridized carbons (Fsp3) is 0.200. The van der Waals surface area contributed by atoms with Gasteiger partial charge in [0.15, 0.2) is 16.6 Å². The zero-order valence-corrected chi connectivity index (χ0v) is 16.3. The molecule has 28 heavy (non-hydrogen) atoms. The van der Waals surface area contributed by atoms with Crippen LogP contribution in [0, 0.1) is 0 Å². The predicted octanol–water partition coefficient (Wildman–Crippen LogP) is 4.12. The maximum atomic E-state index is 12.4. The molecule has 4 rings (SSSR count). The number of benzene rings is 2. The van der Waals surface area contributed by atoms with Gasteiger partial charge in [-0.3, -0.25) is 0 Å². The summed E-state index contributed by atoms with van der Waals surface area (Å²) in [7, 11) is 4.64. The molecule has 1 N–H and O–H groups in total. The van der Waals surface area contributed by atoms with E-state index in [9.17, 15) is 4.79 Å². The molecule has 0 aliphatic carbocycles. The van der Waals surface area contributed by atoms with Crippen molar-refractivity contribution >= 4 is 22.4 Å². The molecule has 0 bridgehead atoms. The summed E-state index contributed by atoms with van der Waals surface area (Å²) in [6.07, 6.45) is -0.647. The molecule has 1 aliphatic heterocycles. The van der Waals surface area contributed by atoms with E-state index < -0.39 is 12.2 Å². The van der Waals surface area contributed by atoms with Crippen LogP contribution in [0.2, 0.25) is 0 Å². The Balaban J connectivity index is 1.60. The minimum Gasteiger partial charge on any atom is -0.497 e. The lowest BCUT2D eigenvalue weighted by Gasteiger charge is -2.13. The van der Waals surface area contributed by atoms with Crippen LogP contribution in [0.15, 0.2) is 41.8 Å². The third-order valence-electron chi connectivity index (χ3n) is 4.41. The van der Waals surface area contributed by atoms with E-state index in [0.29, 0.717) is 27.8 Å². The number of fused-ring (bicyclic) bond motifs is 1. The average molecular weight is 398 g/mol. The minimum atomic E-state index is -0.647. The van der Waals surface area contributed by atoms with Crippen LogP contribution in [0.25, 0.3) is 11.3 Å². The molecule has 1 aromatic heterocycles.